The van der Waals surface area contributed by atoms with Gasteiger partial charge in [-0.3, -0.25) is 9.59 Å². The van der Waals surface area contributed by atoms with Crippen molar-refractivity contribution in [3.63, 3.8) is 0 Å². The number of nitrogens with zero attached hydrogens (tertiary/aromatic N) is 2. The van der Waals surface area contributed by atoms with E-state index in [2.05, 4.69) is 36.6 Å². The molecule has 0 rings (SSSR count). The Bertz CT molecular complexity index is 756. The molecule has 0 aromatic carbocycles. The average Bonchev–Trinajstić information content (AvgIpc) is 3.07. The number of aliphatic hydroxyl groups excluding tert-OH is 1. The molecule has 0 bridgehead atoms. The number of ether oxygens (including phenoxy) is 2. The fraction of sp³-hybridized carbons (Fsp3) is 0.902. The molecule has 0 aromatic heterocycles. The van der Waals surface area contributed by atoms with Crippen LogP contribution in [0.4, 0.5) is 4.79 Å². The summed E-state index contributed by atoms with van der Waals surface area (Å²) >= 11 is 1.44. The Balaban J connectivity index is 4.25. The summed E-state index contributed by atoms with van der Waals surface area (Å²) in [6, 6.07) is 0. The highest BCUT2D eigenvalue weighted by Crippen LogP contribution is 2.19. The normalized spacial score (nSPS) is 12.4. The summed E-state index contributed by atoms with van der Waals surface area (Å²) in [5.74, 6) is 0.714. The molecule has 1 atom stereocenters. The van der Waals surface area contributed by atoms with Gasteiger partial charge in [-0.15, -0.1) is 0 Å². The van der Waals surface area contributed by atoms with Crippen molar-refractivity contribution in [3.8, 4) is 0 Å². The molecular weight excluding hydrogens is 633 g/mol. The third-order valence-electron chi connectivity index (χ3n) is 9.05. The van der Waals surface area contributed by atoms with Crippen molar-refractivity contribution >= 4 is 23.0 Å². The Morgan fingerprint density at radius 1 is 0.653 bits per heavy atom. The van der Waals surface area contributed by atoms with Crippen LogP contribution in [-0.2, 0) is 14.3 Å². The van der Waals surface area contributed by atoms with Gasteiger partial charge < -0.3 is 24.4 Å². The predicted octanol–water partition coefficient (Wildman–Crippen LogP) is 11.3. The molecule has 49 heavy (non-hydrogen) atoms. The second-order valence-corrected chi connectivity index (χ2v) is 15.2. The van der Waals surface area contributed by atoms with Gasteiger partial charge in [0, 0.05) is 31.8 Å². The van der Waals surface area contributed by atoms with Crippen molar-refractivity contribution in [1.82, 2.24) is 9.80 Å². The molecule has 0 radical (unpaired) electrons. The van der Waals surface area contributed by atoms with Gasteiger partial charge in [0.2, 0.25) is 0 Å². The van der Waals surface area contributed by atoms with Crippen LogP contribution in [0.5, 0.6) is 0 Å². The van der Waals surface area contributed by atoms with Gasteiger partial charge in [-0.2, -0.15) is 0 Å². The lowest BCUT2D eigenvalue weighted by Crippen LogP contribution is -2.30. The molecule has 0 aromatic rings. The van der Waals surface area contributed by atoms with Gasteiger partial charge in [0.1, 0.15) is 6.61 Å². The smallest absolute Gasteiger partial charge is 0.306 e. The molecule has 1 amide bonds. The molecule has 0 saturated heterocycles. The van der Waals surface area contributed by atoms with E-state index in [1.165, 1.54) is 76.0 Å². The van der Waals surface area contributed by atoms with Gasteiger partial charge in [0.05, 0.1) is 6.10 Å². The first-order valence-electron chi connectivity index (χ1n) is 20.5. The number of hydrogen-bond acceptors (Lipinski definition) is 7. The first kappa shape index (κ1) is 47.9. The van der Waals surface area contributed by atoms with Crippen LogP contribution in [0, 0.1) is 0 Å². The third kappa shape index (κ3) is 33.8. The molecule has 290 valence electrons. The van der Waals surface area contributed by atoms with E-state index in [9.17, 15) is 14.7 Å². The van der Waals surface area contributed by atoms with E-state index >= 15 is 0 Å². The zero-order valence-electron chi connectivity index (χ0n) is 32.9. The lowest BCUT2D eigenvalue weighted by Gasteiger charge is -2.23. The molecule has 0 heterocycles. The first-order valence-corrected chi connectivity index (χ1v) is 21.5. The number of allylic oxidation sites excluding steroid dienone is 1. The summed E-state index contributed by atoms with van der Waals surface area (Å²) in [7, 11) is 4.08. The number of rotatable bonds is 36. The fourth-order valence-electron chi connectivity index (χ4n) is 5.86. The lowest BCUT2D eigenvalue weighted by atomic mass is 10.0. The number of hydrogen-bond donors (Lipinski definition) is 1. The molecule has 7 nitrogen and oxygen atoms in total. The summed E-state index contributed by atoms with van der Waals surface area (Å²) in [4.78, 5) is 29.2. The van der Waals surface area contributed by atoms with E-state index in [4.69, 9.17) is 9.47 Å². The Morgan fingerprint density at radius 3 is 1.80 bits per heavy atom. The molecule has 0 aliphatic heterocycles. The summed E-state index contributed by atoms with van der Waals surface area (Å²) in [5.41, 5.74) is 0. The summed E-state index contributed by atoms with van der Waals surface area (Å²) in [6.07, 6.45) is 30.7. The maximum absolute atomic E-state index is 13.0. The second kappa shape index (κ2) is 36.7. The molecule has 1 N–H and O–H groups in total. The van der Waals surface area contributed by atoms with Crippen LogP contribution in [0.15, 0.2) is 12.2 Å². The largest absolute Gasteiger partial charge is 0.461 e. The number of esters is 1. The molecule has 0 fully saturated rings. The molecule has 0 saturated carbocycles. The molecule has 8 heteroatoms. The summed E-state index contributed by atoms with van der Waals surface area (Å²) in [5, 5.41) is 10.7. The maximum Gasteiger partial charge on any atom is 0.306 e. The van der Waals surface area contributed by atoms with Crippen LogP contribution >= 0.6 is 11.8 Å². The maximum atomic E-state index is 13.0. The topological polar surface area (TPSA) is 79.3 Å². The minimum absolute atomic E-state index is 0.101. The van der Waals surface area contributed by atoms with Crippen LogP contribution in [0.2, 0.25) is 0 Å². The molecular formula is C41H80N2O5S. The van der Waals surface area contributed by atoms with Crippen LogP contribution in [-0.4, -0.2) is 84.6 Å². The van der Waals surface area contributed by atoms with Gasteiger partial charge >= 0.3 is 5.97 Å². The van der Waals surface area contributed by atoms with E-state index in [0.29, 0.717) is 19.4 Å². The predicted molar refractivity (Wildman–Crippen MR) is 211 cm³/mol. The van der Waals surface area contributed by atoms with Crippen LogP contribution in [0.3, 0.4) is 0 Å². The monoisotopic (exact) mass is 713 g/mol. The third-order valence-corrected chi connectivity index (χ3v) is 9.94. The zero-order chi connectivity index (χ0) is 36.2. The summed E-state index contributed by atoms with van der Waals surface area (Å²) < 4.78 is 11.4. The van der Waals surface area contributed by atoms with Crippen molar-refractivity contribution in [3.05, 3.63) is 12.2 Å². The number of aliphatic hydroxyl groups is 1. The number of carbonyl (C=O) groups excluding carboxylic acids is 2. The molecule has 0 spiro atoms. The van der Waals surface area contributed by atoms with Crippen LogP contribution in [0.25, 0.3) is 0 Å². The Hall–Kier alpha value is -1.09. The quantitative estimate of drug-likeness (QED) is 0.0300. The van der Waals surface area contributed by atoms with Crippen molar-refractivity contribution in [2.45, 2.75) is 194 Å². The Morgan fingerprint density at radius 2 is 1.18 bits per heavy atom. The fourth-order valence-corrected chi connectivity index (χ4v) is 6.85. The van der Waals surface area contributed by atoms with E-state index in [1.807, 2.05) is 20.2 Å². The zero-order valence-corrected chi connectivity index (χ0v) is 33.7. The van der Waals surface area contributed by atoms with E-state index in [-0.39, 0.29) is 17.3 Å². The van der Waals surface area contributed by atoms with Crippen LogP contribution < -0.4 is 0 Å². The van der Waals surface area contributed by atoms with Gasteiger partial charge in [0.25, 0.3) is 5.24 Å². The van der Waals surface area contributed by atoms with Gasteiger partial charge in [-0.25, -0.2) is 0 Å². The highest BCUT2D eigenvalue weighted by atomic mass is 32.2. The highest BCUT2D eigenvalue weighted by molar-refractivity contribution is 8.13. The number of thioether (sulfide) groups is 1. The lowest BCUT2D eigenvalue weighted by molar-refractivity contribution is -0.144. The second-order valence-electron chi connectivity index (χ2n) is 14.2. The van der Waals surface area contributed by atoms with Crippen molar-refractivity contribution in [1.29, 1.82) is 0 Å². The Labute approximate surface area is 308 Å². The molecule has 1 unspecified atom stereocenters. The molecule has 0 aliphatic rings. The van der Waals surface area contributed by atoms with Gasteiger partial charge in [-0.05, 0) is 71.9 Å². The van der Waals surface area contributed by atoms with Crippen molar-refractivity contribution in [2.75, 3.05) is 46.1 Å². The SMILES string of the molecule is CCCCCC/C=C\COC(=O)CCCCCCCN(CCCCCCCC(O)OC(CCCCC)CCCCC)C(=O)SCCN(C)C. The summed E-state index contributed by atoms with van der Waals surface area (Å²) in [6.45, 7) is 9.58. The first-order chi connectivity index (χ1) is 23.8. The average molecular weight is 713 g/mol. The standard InChI is InChI=1S/C41H80N2O5S/c1-6-9-12-13-14-21-28-36-47-39(44)31-24-17-15-19-26-33-43(41(46)49-37-35-42(4)5)34-27-20-16-18-25-32-40(45)48-38(29-22-10-7-2)30-23-11-8-3/h21,28,38,40,45H,6-20,22-27,29-37H2,1-5H3/b28-21-. The van der Waals surface area contributed by atoms with E-state index in [1.54, 1.807) is 0 Å². The van der Waals surface area contributed by atoms with Gasteiger partial charge in [-0.1, -0.05) is 141 Å². The van der Waals surface area contributed by atoms with Crippen molar-refractivity contribution in [2.24, 2.45) is 0 Å². The van der Waals surface area contributed by atoms with Crippen LogP contribution in [0.1, 0.15) is 181 Å². The van der Waals surface area contributed by atoms with Crippen molar-refractivity contribution < 1.29 is 24.2 Å². The highest BCUT2D eigenvalue weighted by Gasteiger charge is 2.15. The number of carbonyl (C=O) groups is 2. The number of amides is 1. The molecule has 0 aliphatic carbocycles. The minimum atomic E-state index is -0.647. The Kier molecular flexibility index (Phi) is 35.9. The number of unbranched alkanes of at least 4 members (excludes halogenated alkanes) is 16. The minimum Gasteiger partial charge on any atom is -0.461 e. The van der Waals surface area contributed by atoms with Gasteiger partial charge in [0.15, 0.2) is 6.29 Å². The van der Waals surface area contributed by atoms with E-state index in [0.717, 1.165) is 109 Å². The van der Waals surface area contributed by atoms with E-state index < -0.39 is 6.29 Å².